The molecule has 1 fully saturated rings. The molecule has 0 spiro atoms. The van der Waals surface area contributed by atoms with Crippen molar-refractivity contribution in [1.82, 2.24) is 9.80 Å². The number of hydrogen-bond donors (Lipinski definition) is 2. The van der Waals surface area contributed by atoms with Crippen LogP contribution in [0.25, 0.3) is 0 Å². The van der Waals surface area contributed by atoms with Gasteiger partial charge in [0.05, 0.1) is 5.69 Å². The normalized spacial score (nSPS) is 17.2. The van der Waals surface area contributed by atoms with Gasteiger partial charge < -0.3 is 15.1 Å². The Morgan fingerprint density at radius 3 is 2.63 bits per heavy atom. The third-order valence-corrected chi connectivity index (χ3v) is 4.09. The number of amides is 2. The maximum atomic E-state index is 12.2. The van der Waals surface area contributed by atoms with E-state index >= 15 is 0 Å². The number of carbonyl (C=O) groups is 1. The molecule has 1 saturated heterocycles. The molecule has 4 nitrogen and oxygen atoms in total. The molecule has 19 heavy (non-hydrogen) atoms. The molecule has 0 unspecified atom stereocenters. The smallest absolute Gasteiger partial charge is 0.321 e. The van der Waals surface area contributed by atoms with E-state index in [-0.39, 0.29) is 6.03 Å². The fourth-order valence-corrected chi connectivity index (χ4v) is 2.55. The molecule has 0 atom stereocenters. The highest BCUT2D eigenvalue weighted by Gasteiger charge is 2.24. The van der Waals surface area contributed by atoms with Crippen LogP contribution in [0.5, 0.6) is 0 Å². The Morgan fingerprint density at radius 1 is 1.37 bits per heavy atom. The zero-order valence-corrected chi connectivity index (χ0v) is 12.4. The average molecular weight is 279 g/mol. The fraction of sp³-hybridized carbons (Fsp3) is 0.500. The van der Waals surface area contributed by atoms with Gasteiger partial charge in [-0.05, 0) is 45.1 Å². The van der Waals surface area contributed by atoms with Crippen molar-refractivity contribution < 1.29 is 4.79 Å². The summed E-state index contributed by atoms with van der Waals surface area (Å²) in [6.07, 6.45) is 2.06. The number of rotatable bonds is 2. The molecule has 104 valence electrons. The molecule has 2 rings (SSSR count). The zero-order chi connectivity index (χ0) is 13.8. The first-order valence-corrected chi connectivity index (χ1v) is 7.03. The van der Waals surface area contributed by atoms with Crippen LogP contribution in [-0.4, -0.2) is 49.1 Å². The fourth-order valence-electron chi connectivity index (χ4n) is 2.33. The van der Waals surface area contributed by atoms with E-state index in [0.29, 0.717) is 6.04 Å². The third-order valence-electron chi connectivity index (χ3n) is 3.70. The molecule has 0 bridgehead atoms. The van der Waals surface area contributed by atoms with Gasteiger partial charge in [0, 0.05) is 18.0 Å². The molecule has 0 aliphatic carbocycles. The summed E-state index contributed by atoms with van der Waals surface area (Å²) in [5.74, 6) is 0. The SMILES string of the molecule is CN1CCC(N(C)C(=O)Nc2ccccc2S)CC1. The predicted molar refractivity (Wildman–Crippen MR) is 81.0 cm³/mol. The topological polar surface area (TPSA) is 35.6 Å². The Kier molecular flexibility index (Phi) is 4.71. The molecular weight excluding hydrogens is 258 g/mol. The Labute approximate surface area is 120 Å². The maximum absolute atomic E-state index is 12.2. The van der Waals surface area contributed by atoms with Crippen molar-refractivity contribution in [1.29, 1.82) is 0 Å². The number of para-hydroxylation sites is 1. The van der Waals surface area contributed by atoms with E-state index in [1.165, 1.54) is 0 Å². The van der Waals surface area contributed by atoms with E-state index < -0.39 is 0 Å². The van der Waals surface area contributed by atoms with E-state index in [1.54, 1.807) is 0 Å². The van der Waals surface area contributed by atoms with Crippen LogP contribution < -0.4 is 5.32 Å². The highest BCUT2D eigenvalue weighted by Crippen LogP contribution is 2.20. The Morgan fingerprint density at radius 2 is 2.00 bits per heavy atom. The summed E-state index contributed by atoms with van der Waals surface area (Å²) in [6, 6.07) is 7.79. The lowest BCUT2D eigenvalue weighted by Gasteiger charge is -2.35. The highest BCUT2D eigenvalue weighted by molar-refractivity contribution is 7.80. The number of nitrogens with one attached hydrogen (secondary N) is 1. The second-order valence-electron chi connectivity index (χ2n) is 5.09. The molecule has 2 amide bonds. The number of anilines is 1. The summed E-state index contributed by atoms with van der Waals surface area (Å²) < 4.78 is 0. The van der Waals surface area contributed by atoms with Crippen LogP contribution in [0.4, 0.5) is 10.5 Å². The average Bonchev–Trinajstić information content (AvgIpc) is 2.41. The van der Waals surface area contributed by atoms with Crippen LogP contribution in [0.15, 0.2) is 29.2 Å². The summed E-state index contributed by atoms with van der Waals surface area (Å²) in [5, 5.41) is 2.92. The van der Waals surface area contributed by atoms with Crippen LogP contribution in [0.2, 0.25) is 0 Å². The summed E-state index contributed by atoms with van der Waals surface area (Å²) in [4.78, 5) is 17.1. The molecule has 0 saturated carbocycles. The number of benzene rings is 1. The first-order valence-electron chi connectivity index (χ1n) is 6.58. The summed E-state index contributed by atoms with van der Waals surface area (Å²) in [6.45, 7) is 2.09. The second kappa shape index (κ2) is 6.30. The maximum Gasteiger partial charge on any atom is 0.321 e. The quantitative estimate of drug-likeness (QED) is 0.816. The Balaban J connectivity index is 1.94. The predicted octanol–water partition coefficient (Wildman–Crippen LogP) is 2.53. The van der Waals surface area contributed by atoms with Crippen molar-refractivity contribution >= 4 is 24.3 Å². The molecule has 1 N–H and O–H groups in total. The van der Waals surface area contributed by atoms with Gasteiger partial charge in [-0.2, -0.15) is 0 Å². The van der Waals surface area contributed by atoms with Gasteiger partial charge in [-0.25, -0.2) is 4.79 Å². The first-order chi connectivity index (χ1) is 9.08. The lowest BCUT2D eigenvalue weighted by atomic mass is 10.0. The van der Waals surface area contributed by atoms with Gasteiger partial charge in [0.2, 0.25) is 0 Å². The van der Waals surface area contributed by atoms with Crippen molar-refractivity contribution in [2.45, 2.75) is 23.8 Å². The molecule has 0 radical (unpaired) electrons. The number of nitrogens with zero attached hydrogens (tertiary/aromatic N) is 2. The summed E-state index contributed by atoms with van der Waals surface area (Å²) in [7, 11) is 3.99. The molecule has 5 heteroatoms. The largest absolute Gasteiger partial charge is 0.325 e. The number of thiol groups is 1. The number of likely N-dealkylation sites (tertiary alicyclic amines) is 1. The molecule has 1 heterocycles. The lowest BCUT2D eigenvalue weighted by molar-refractivity contribution is 0.156. The standard InChI is InChI=1S/C14H21N3OS/c1-16-9-7-11(8-10-16)17(2)14(18)15-12-5-3-4-6-13(12)19/h3-6,11,19H,7-10H2,1-2H3,(H,15,18). The zero-order valence-electron chi connectivity index (χ0n) is 11.5. The van der Waals surface area contributed by atoms with E-state index in [4.69, 9.17) is 0 Å². The van der Waals surface area contributed by atoms with E-state index in [1.807, 2.05) is 36.2 Å². The molecule has 1 aliphatic heterocycles. The van der Waals surface area contributed by atoms with Gasteiger partial charge in [-0.3, -0.25) is 0 Å². The first kappa shape index (κ1) is 14.2. The van der Waals surface area contributed by atoms with E-state index in [0.717, 1.165) is 36.5 Å². The van der Waals surface area contributed by atoms with Gasteiger partial charge >= 0.3 is 6.03 Å². The molecule has 0 aromatic heterocycles. The monoisotopic (exact) mass is 279 g/mol. The lowest BCUT2D eigenvalue weighted by Crippen LogP contribution is -2.46. The number of carbonyl (C=O) groups excluding carboxylic acids is 1. The van der Waals surface area contributed by atoms with Gasteiger partial charge in [0.1, 0.15) is 0 Å². The minimum atomic E-state index is -0.0592. The third kappa shape index (κ3) is 3.64. The Hall–Kier alpha value is -1.20. The van der Waals surface area contributed by atoms with Crippen LogP contribution in [-0.2, 0) is 0 Å². The second-order valence-corrected chi connectivity index (χ2v) is 5.57. The Bertz CT molecular complexity index is 444. The van der Waals surface area contributed by atoms with Crippen LogP contribution >= 0.6 is 12.6 Å². The van der Waals surface area contributed by atoms with Crippen molar-refractivity contribution in [3.05, 3.63) is 24.3 Å². The van der Waals surface area contributed by atoms with E-state index in [9.17, 15) is 4.79 Å². The van der Waals surface area contributed by atoms with E-state index in [2.05, 4.69) is 29.9 Å². The molecule has 1 aliphatic rings. The molecular formula is C14H21N3OS. The minimum absolute atomic E-state index is 0.0592. The number of piperidine rings is 1. The minimum Gasteiger partial charge on any atom is -0.325 e. The summed E-state index contributed by atoms with van der Waals surface area (Å²) in [5.41, 5.74) is 0.760. The van der Waals surface area contributed by atoms with Gasteiger partial charge in [0.25, 0.3) is 0 Å². The van der Waals surface area contributed by atoms with Crippen molar-refractivity contribution in [2.75, 3.05) is 32.5 Å². The van der Waals surface area contributed by atoms with Gasteiger partial charge in [-0.1, -0.05) is 12.1 Å². The highest BCUT2D eigenvalue weighted by atomic mass is 32.1. The number of urea groups is 1. The molecule has 1 aromatic carbocycles. The van der Waals surface area contributed by atoms with Crippen molar-refractivity contribution in [3.63, 3.8) is 0 Å². The van der Waals surface area contributed by atoms with Crippen LogP contribution in [0, 0.1) is 0 Å². The van der Waals surface area contributed by atoms with Crippen molar-refractivity contribution in [2.24, 2.45) is 0 Å². The molecule has 1 aromatic rings. The van der Waals surface area contributed by atoms with Crippen molar-refractivity contribution in [3.8, 4) is 0 Å². The van der Waals surface area contributed by atoms with Gasteiger partial charge in [0.15, 0.2) is 0 Å². The number of hydrogen-bond acceptors (Lipinski definition) is 3. The van der Waals surface area contributed by atoms with Gasteiger partial charge in [-0.15, -0.1) is 12.6 Å². The summed E-state index contributed by atoms with van der Waals surface area (Å²) >= 11 is 4.34. The van der Waals surface area contributed by atoms with Crippen LogP contribution in [0.3, 0.4) is 0 Å². The van der Waals surface area contributed by atoms with Crippen LogP contribution in [0.1, 0.15) is 12.8 Å².